The second kappa shape index (κ2) is 4.54. The van der Waals surface area contributed by atoms with Gasteiger partial charge in [0.05, 0.1) is 24.1 Å². The number of aromatic nitrogens is 1. The van der Waals surface area contributed by atoms with Crippen LogP contribution in [0.3, 0.4) is 0 Å². The maximum Gasteiger partial charge on any atom is 0.343 e. The number of benzene rings is 1. The van der Waals surface area contributed by atoms with Gasteiger partial charge in [0.1, 0.15) is 12.2 Å². The fourth-order valence-electron chi connectivity index (χ4n) is 2.45. The first kappa shape index (κ1) is 13.5. The Balaban J connectivity index is 2.51. The summed E-state index contributed by atoms with van der Waals surface area (Å²) in [6.07, 6.45) is 1.30. The maximum atomic E-state index is 13.8. The second-order valence-electron chi connectivity index (χ2n) is 4.83. The molecule has 0 radical (unpaired) electrons. The summed E-state index contributed by atoms with van der Waals surface area (Å²) in [5.74, 6) is -3.47. The Bertz CT molecular complexity index is 828. The van der Waals surface area contributed by atoms with Crippen molar-refractivity contribution < 1.29 is 23.0 Å². The number of halogens is 2. The third kappa shape index (κ3) is 1.80. The number of pyridine rings is 1. The lowest BCUT2D eigenvalue weighted by Gasteiger charge is -2.27. The summed E-state index contributed by atoms with van der Waals surface area (Å²) in [5.41, 5.74) is -0.799. The van der Waals surface area contributed by atoms with E-state index < -0.39 is 23.0 Å². The molecular weight excluding hydrogens is 284 g/mol. The van der Waals surface area contributed by atoms with Crippen molar-refractivity contribution in [3.05, 3.63) is 39.7 Å². The smallest absolute Gasteiger partial charge is 0.343 e. The number of carbonyl (C=O) groups excluding carboxylic acids is 1. The van der Waals surface area contributed by atoms with Crippen molar-refractivity contribution in [2.24, 2.45) is 0 Å². The molecule has 1 aliphatic heterocycles. The molecule has 7 heteroatoms. The molecule has 0 saturated carbocycles. The van der Waals surface area contributed by atoms with Crippen molar-refractivity contribution in [1.29, 1.82) is 0 Å². The number of carbonyl (C=O) groups is 1. The van der Waals surface area contributed by atoms with Crippen molar-refractivity contribution in [3.8, 4) is 5.75 Å². The van der Waals surface area contributed by atoms with Crippen LogP contribution in [0, 0.1) is 11.6 Å². The number of nitrogens with zero attached hydrogens (tertiary/aromatic N) is 1. The van der Waals surface area contributed by atoms with E-state index in [1.54, 1.807) is 6.92 Å². The first-order chi connectivity index (χ1) is 9.95. The summed E-state index contributed by atoms with van der Waals surface area (Å²) < 4.78 is 38.7. The van der Waals surface area contributed by atoms with E-state index in [4.69, 9.17) is 4.74 Å². The number of hydrogen-bond acceptors (Lipinski definition) is 4. The summed E-state index contributed by atoms with van der Waals surface area (Å²) in [6.45, 7) is 1.88. The Morgan fingerprint density at radius 2 is 2.19 bits per heavy atom. The highest BCUT2D eigenvalue weighted by molar-refractivity contribution is 5.95. The fourth-order valence-corrected chi connectivity index (χ4v) is 2.45. The van der Waals surface area contributed by atoms with Crippen LogP contribution < -0.4 is 10.2 Å². The SMILES string of the molecule is COC(=O)c1cn2c3c(c(F)c(F)cc3c1=O)OC[C@@H]2C. The molecule has 1 aliphatic rings. The summed E-state index contributed by atoms with van der Waals surface area (Å²) in [5, 5.41) is -0.113. The zero-order valence-corrected chi connectivity index (χ0v) is 11.3. The molecule has 0 N–H and O–H groups in total. The van der Waals surface area contributed by atoms with Crippen LogP contribution in [0.2, 0.25) is 0 Å². The monoisotopic (exact) mass is 295 g/mol. The molecule has 1 atom stereocenters. The standard InChI is InChI=1S/C14H11F2NO4/c1-6-5-21-13-10(16)9(15)3-7-11(13)17(6)4-8(12(7)18)14(19)20-2/h3-4,6H,5H2,1-2H3/t6-/m0/s1. The van der Waals surface area contributed by atoms with Gasteiger partial charge in [-0.15, -0.1) is 0 Å². The van der Waals surface area contributed by atoms with Gasteiger partial charge < -0.3 is 14.0 Å². The van der Waals surface area contributed by atoms with Gasteiger partial charge in [0.15, 0.2) is 11.6 Å². The summed E-state index contributed by atoms with van der Waals surface area (Å²) in [7, 11) is 1.14. The highest BCUT2D eigenvalue weighted by Gasteiger charge is 2.28. The molecule has 1 aromatic heterocycles. The third-order valence-electron chi connectivity index (χ3n) is 3.51. The van der Waals surface area contributed by atoms with E-state index in [1.165, 1.54) is 10.8 Å². The van der Waals surface area contributed by atoms with Crippen LogP contribution >= 0.6 is 0 Å². The molecule has 2 heterocycles. The molecule has 1 aromatic carbocycles. The lowest BCUT2D eigenvalue weighted by Crippen LogP contribution is -2.27. The maximum absolute atomic E-state index is 13.8. The number of ether oxygens (including phenoxy) is 2. The van der Waals surface area contributed by atoms with Crippen molar-refractivity contribution in [1.82, 2.24) is 4.57 Å². The van der Waals surface area contributed by atoms with Gasteiger partial charge in [-0.05, 0) is 13.0 Å². The second-order valence-corrected chi connectivity index (χ2v) is 4.83. The Morgan fingerprint density at radius 3 is 2.86 bits per heavy atom. The van der Waals surface area contributed by atoms with Crippen molar-refractivity contribution >= 4 is 16.9 Å². The molecule has 0 spiro atoms. The van der Waals surface area contributed by atoms with Gasteiger partial charge in [0, 0.05) is 6.20 Å². The van der Waals surface area contributed by atoms with E-state index in [1.807, 2.05) is 0 Å². The number of rotatable bonds is 1. The first-order valence-corrected chi connectivity index (χ1v) is 6.23. The van der Waals surface area contributed by atoms with Crippen LogP contribution in [-0.2, 0) is 4.74 Å². The molecule has 3 rings (SSSR count). The zero-order valence-electron chi connectivity index (χ0n) is 11.3. The van der Waals surface area contributed by atoms with Gasteiger partial charge in [0.2, 0.25) is 11.2 Å². The minimum absolute atomic E-state index is 0.103. The van der Waals surface area contributed by atoms with Crippen molar-refractivity contribution in [3.63, 3.8) is 0 Å². The van der Waals surface area contributed by atoms with Crippen LogP contribution in [-0.4, -0.2) is 24.3 Å². The number of methoxy groups -OCH3 is 1. The minimum Gasteiger partial charge on any atom is -0.486 e. The first-order valence-electron chi connectivity index (χ1n) is 6.23. The van der Waals surface area contributed by atoms with Crippen LogP contribution in [0.4, 0.5) is 8.78 Å². The summed E-state index contributed by atoms with van der Waals surface area (Å²) in [6, 6.07) is 0.537. The normalized spacial score (nSPS) is 16.7. The average Bonchev–Trinajstić information content (AvgIpc) is 2.47. The summed E-state index contributed by atoms with van der Waals surface area (Å²) in [4.78, 5) is 24.0. The lowest BCUT2D eigenvalue weighted by atomic mass is 10.1. The quantitative estimate of drug-likeness (QED) is 0.755. The predicted molar refractivity (Wildman–Crippen MR) is 69.7 cm³/mol. The fraction of sp³-hybridized carbons (Fsp3) is 0.286. The predicted octanol–water partition coefficient (Wildman–Crippen LogP) is 2.02. The molecule has 5 nitrogen and oxygen atoms in total. The topological polar surface area (TPSA) is 57.5 Å². The van der Waals surface area contributed by atoms with E-state index in [0.717, 1.165) is 13.2 Å². The van der Waals surface area contributed by atoms with E-state index in [9.17, 15) is 18.4 Å². The van der Waals surface area contributed by atoms with E-state index in [-0.39, 0.29) is 34.9 Å². The van der Waals surface area contributed by atoms with Crippen LogP contribution in [0.15, 0.2) is 17.1 Å². The molecule has 0 fully saturated rings. The highest BCUT2D eigenvalue weighted by atomic mass is 19.2. The van der Waals surface area contributed by atoms with Crippen molar-refractivity contribution in [2.45, 2.75) is 13.0 Å². The van der Waals surface area contributed by atoms with Gasteiger partial charge in [-0.3, -0.25) is 4.79 Å². The molecule has 0 saturated heterocycles. The van der Waals surface area contributed by atoms with Gasteiger partial charge in [-0.1, -0.05) is 0 Å². The Hall–Kier alpha value is -2.44. The Morgan fingerprint density at radius 1 is 1.48 bits per heavy atom. The molecule has 21 heavy (non-hydrogen) atoms. The molecule has 0 bridgehead atoms. The molecule has 2 aromatic rings. The van der Waals surface area contributed by atoms with Crippen molar-refractivity contribution in [2.75, 3.05) is 13.7 Å². The molecule has 0 unspecified atom stereocenters. The molecule has 0 amide bonds. The lowest BCUT2D eigenvalue weighted by molar-refractivity contribution is 0.0598. The van der Waals surface area contributed by atoms with E-state index in [0.29, 0.717) is 0 Å². The zero-order chi connectivity index (χ0) is 15.3. The van der Waals surface area contributed by atoms with Gasteiger partial charge in [0.25, 0.3) is 0 Å². The minimum atomic E-state index is -1.20. The Kier molecular flexibility index (Phi) is 2.93. The van der Waals surface area contributed by atoms with E-state index >= 15 is 0 Å². The largest absolute Gasteiger partial charge is 0.486 e. The van der Waals surface area contributed by atoms with Crippen LogP contribution in [0.25, 0.3) is 10.9 Å². The van der Waals surface area contributed by atoms with Gasteiger partial charge in [-0.2, -0.15) is 4.39 Å². The number of hydrogen-bond donors (Lipinski definition) is 0. The van der Waals surface area contributed by atoms with Gasteiger partial charge in [-0.25, -0.2) is 9.18 Å². The highest BCUT2D eigenvalue weighted by Crippen LogP contribution is 2.35. The average molecular weight is 295 g/mol. The van der Waals surface area contributed by atoms with Gasteiger partial charge >= 0.3 is 5.97 Å². The number of esters is 1. The Labute approximate surface area is 117 Å². The van der Waals surface area contributed by atoms with Crippen LogP contribution in [0.5, 0.6) is 5.75 Å². The molecular formula is C14H11F2NO4. The van der Waals surface area contributed by atoms with E-state index in [2.05, 4.69) is 4.74 Å². The molecule has 110 valence electrons. The summed E-state index contributed by atoms with van der Waals surface area (Å²) >= 11 is 0. The molecule has 0 aliphatic carbocycles. The van der Waals surface area contributed by atoms with Crippen LogP contribution in [0.1, 0.15) is 23.3 Å². The third-order valence-corrected chi connectivity index (χ3v) is 3.51.